The van der Waals surface area contributed by atoms with Crippen LogP contribution in [-0.4, -0.2) is 16.1 Å². The normalized spacial score (nSPS) is 10.6. The topological polar surface area (TPSA) is 50.2 Å². The fraction of sp³-hybridized carbons (Fsp3) is 0.250. The van der Waals surface area contributed by atoms with E-state index in [9.17, 15) is 14.3 Å². The molecule has 0 aliphatic heterocycles. The highest BCUT2D eigenvalue weighted by molar-refractivity contribution is 5.91. The Kier molecular flexibility index (Phi) is 4.13. The van der Waals surface area contributed by atoms with E-state index in [-0.39, 0.29) is 11.4 Å². The molecule has 1 N–H and O–H groups in total. The van der Waals surface area contributed by atoms with Gasteiger partial charge >= 0.3 is 5.97 Å². The molecule has 4 heteroatoms. The van der Waals surface area contributed by atoms with E-state index in [1.54, 1.807) is 18.2 Å². The van der Waals surface area contributed by atoms with Crippen molar-refractivity contribution in [1.82, 2.24) is 4.98 Å². The van der Waals surface area contributed by atoms with Gasteiger partial charge in [0.2, 0.25) is 0 Å². The Morgan fingerprint density at radius 1 is 1.30 bits per heavy atom. The van der Waals surface area contributed by atoms with Crippen molar-refractivity contribution in [3.63, 3.8) is 0 Å². The quantitative estimate of drug-likeness (QED) is 0.920. The van der Waals surface area contributed by atoms with E-state index in [0.29, 0.717) is 12.1 Å². The van der Waals surface area contributed by atoms with Crippen LogP contribution in [0.1, 0.15) is 35.1 Å². The second-order valence-corrected chi connectivity index (χ2v) is 4.68. The molecule has 1 heterocycles. The molecule has 3 nitrogen and oxygen atoms in total. The Bertz CT molecular complexity index is 636. The lowest BCUT2D eigenvalue weighted by Crippen LogP contribution is -2.07. The van der Waals surface area contributed by atoms with Gasteiger partial charge in [-0.1, -0.05) is 25.5 Å². The van der Waals surface area contributed by atoms with Crippen molar-refractivity contribution >= 4 is 5.97 Å². The number of benzene rings is 1. The summed E-state index contributed by atoms with van der Waals surface area (Å²) < 4.78 is 13.0. The predicted molar refractivity (Wildman–Crippen MR) is 75.3 cm³/mol. The van der Waals surface area contributed by atoms with Gasteiger partial charge < -0.3 is 5.11 Å². The van der Waals surface area contributed by atoms with Crippen molar-refractivity contribution in [2.45, 2.75) is 26.7 Å². The lowest BCUT2D eigenvalue weighted by molar-refractivity contribution is 0.0695. The van der Waals surface area contributed by atoms with Crippen LogP contribution in [-0.2, 0) is 6.42 Å². The lowest BCUT2D eigenvalue weighted by atomic mass is 9.99. The number of rotatable bonds is 4. The largest absolute Gasteiger partial charge is 0.478 e. The van der Waals surface area contributed by atoms with Crippen molar-refractivity contribution < 1.29 is 14.3 Å². The van der Waals surface area contributed by atoms with Crippen LogP contribution in [0.2, 0.25) is 0 Å². The maximum atomic E-state index is 13.0. The second kappa shape index (κ2) is 5.82. The molecule has 0 aliphatic carbocycles. The fourth-order valence-electron chi connectivity index (χ4n) is 2.19. The minimum absolute atomic E-state index is 0.219. The second-order valence-electron chi connectivity index (χ2n) is 4.68. The first-order valence-corrected chi connectivity index (χ1v) is 6.52. The van der Waals surface area contributed by atoms with Crippen molar-refractivity contribution in [3.05, 3.63) is 53.1 Å². The minimum atomic E-state index is -0.982. The first-order valence-electron chi connectivity index (χ1n) is 6.52. The Morgan fingerprint density at radius 2 is 1.95 bits per heavy atom. The van der Waals surface area contributed by atoms with Gasteiger partial charge in [0.15, 0.2) is 0 Å². The highest BCUT2D eigenvalue weighted by Gasteiger charge is 2.15. The molecule has 0 bridgehead atoms. The summed E-state index contributed by atoms with van der Waals surface area (Å²) in [5.41, 5.74) is 3.06. The number of nitrogens with zero attached hydrogens (tertiary/aromatic N) is 1. The standard InChI is InChI=1S/C16H16FNO2/c1-3-4-15-14(16(19)20)9-13(10(2)18-15)11-5-7-12(17)8-6-11/h5-9H,3-4H2,1-2H3,(H,19,20). The number of halogens is 1. The molecular formula is C16H16FNO2. The highest BCUT2D eigenvalue weighted by atomic mass is 19.1. The average Bonchev–Trinajstić information content (AvgIpc) is 2.40. The number of pyridine rings is 1. The number of carbonyl (C=O) groups is 1. The fourth-order valence-corrected chi connectivity index (χ4v) is 2.19. The van der Waals surface area contributed by atoms with Crippen LogP contribution in [0.5, 0.6) is 0 Å². The number of hydrogen-bond acceptors (Lipinski definition) is 2. The monoisotopic (exact) mass is 273 g/mol. The number of aryl methyl sites for hydroxylation is 2. The summed E-state index contributed by atoms with van der Waals surface area (Å²) in [4.78, 5) is 15.8. The molecule has 0 fully saturated rings. The van der Waals surface area contributed by atoms with Crippen LogP contribution in [0.3, 0.4) is 0 Å². The first kappa shape index (κ1) is 14.2. The van der Waals surface area contributed by atoms with Gasteiger partial charge in [-0.2, -0.15) is 0 Å². The third-order valence-electron chi connectivity index (χ3n) is 3.16. The van der Waals surface area contributed by atoms with E-state index in [4.69, 9.17) is 0 Å². The van der Waals surface area contributed by atoms with E-state index in [1.165, 1.54) is 12.1 Å². The molecule has 2 rings (SSSR count). The van der Waals surface area contributed by atoms with E-state index in [0.717, 1.165) is 23.2 Å². The Balaban J connectivity index is 2.56. The van der Waals surface area contributed by atoms with Gasteiger partial charge in [0.05, 0.1) is 11.3 Å². The third kappa shape index (κ3) is 2.85. The van der Waals surface area contributed by atoms with Gasteiger partial charge in [-0.15, -0.1) is 0 Å². The summed E-state index contributed by atoms with van der Waals surface area (Å²) in [6.45, 7) is 3.82. The summed E-state index contributed by atoms with van der Waals surface area (Å²) in [6, 6.07) is 7.60. The SMILES string of the molecule is CCCc1nc(C)c(-c2ccc(F)cc2)cc1C(=O)O. The van der Waals surface area contributed by atoms with E-state index in [1.807, 2.05) is 13.8 Å². The van der Waals surface area contributed by atoms with Crippen molar-refractivity contribution in [1.29, 1.82) is 0 Å². The molecule has 1 aromatic heterocycles. The van der Waals surface area contributed by atoms with Crippen LogP contribution in [0.15, 0.2) is 30.3 Å². The van der Waals surface area contributed by atoms with Crippen LogP contribution in [0, 0.1) is 12.7 Å². The van der Waals surface area contributed by atoms with Gasteiger partial charge in [-0.25, -0.2) is 9.18 Å². The van der Waals surface area contributed by atoms with Crippen LogP contribution in [0.4, 0.5) is 4.39 Å². The molecule has 0 unspecified atom stereocenters. The van der Waals surface area contributed by atoms with E-state index in [2.05, 4.69) is 4.98 Å². The molecule has 0 amide bonds. The maximum Gasteiger partial charge on any atom is 0.337 e. The number of carboxylic acids is 1. The molecular weight excluding hydrogens is 257 g/mol. The summed E-state index contributed by atoms with van der Waals surface area (Å²) in [5.74, 6) is -1.30. The molecule has 0 saturated heterocycles. The Morgan fingerprint density at radius 3 is 2.50 bits per heavy atom. The zero-order chi connectivity index (χ0) is 14.7. The lowest BCUT2D eigenvalue weighted by Gasteiger charge is -2.11. The van der Waals surface area contributed by atoms with Crippen molar-refractivity contribution in [2.24, 2.45) is 0 Å². The maximum absolute atomic E-state index is 13.0. The highest BCUT2D eigenvalue weighted by Crippen LogP contribution is 2.25. The van der Waals surface area contributed by atoms with Gasteiger partial charge in [-0.3, -0.25) is 4.98 Å². The number of hydrogen-bond donors (Lipinski definition) is 1. The molecule has 0 radical (unpaired) electrons. The first-order chi connectivity index (χ1) is 9.52. The molecule has 0 saturated carbocycles. The average molecular weight is 273 g/mol. The zero-order valence-electron chi connectivity index (χ0n) is 11.5. The van der Waals surface area contributed by atoms with Gasteiger partial charge in [0.25, 0.3) is 0 Å². The number of aromatic nitrogens is 1. The van der Waals surface area contributed by atoms with Crippen molar-refractivity contribution in [3.8, 4) is 11.1 Å². The van der Waals surface area contributed by atoms with Gasteiger partial charge in [0.1, 0.15) is 5.82 Å². The van der Waals surface area contributed by atoms with Crippen LogP contribution < -0.4 is 0 Å². The smallest absolute Gasteiger partial charge is 0.337 e. The molecule has 1 aromatic carbocycles. The molecule has 2 aromatic rings. The summed E-state index contributed by atoms with van der Waals surface area (Å²) in [7, 11) is 0. The van der Waals surface area contributed by atoms with E-state index >= 15 is 0 Å². The van der Waals surface area contributed by atoms with Crippen LogP contribution in [0.25, 0.3) is 11.1 Å². The number of carboxylic acid groups (broad SMARTS) is 1. The van der Waals surface area contributed by atoms with E-state index < -0.39 is 5.97 Å². The summed E-state index contributed by atoms with van der Waals surface area (Å²) in [6.07, 6.45) is 1.47. The summed E-state index contributed by atoms with van der Waals surface area (Å²) >= 11 is 0. The molecule has 104 valence electrons. The Hall–Kier alpha value is -2.23. The molecule has 0 aliphatic rings. The third-order valence-corrected chi connectivity index (χ3v) is 3.16. The minimum Gasteiger partial charge on any atom is -0.478 e. The zero-order valence-corrected chi connectivity index (χ0v) is 11.5. The Labute approximate surface area is 117 Å². The van der Waals surface area contributed by atoms with Crippen molar-refractivity contribution in [2.75, 3.05) is 0 Å². The summed E-state index contributed by atoms with van der Waals surface area (Å²) in [5, 5.41) is 9.30. The number of aromatic carboxylic acids is 1. The predicted octanol–water partition coefficient (Wildman–Crippen LogP) is 3.85. The van der Waals surface area contributed by atoms with Gasteiger partial charge in [-0.05, 0) is 37.1 Å². The molecule has 0 atom stereocenters. The molecule has 20 heavy (non-hydrogen) atoms. The van der Waals surface area contributed by atoms with Gasteiger partial charge in [0, 0.05) is 11.3 Å². The molecule has 0 spiro atoms. The van der Waals surface area contributed by atoms with Crippen LogP contribution >= 0.6 is 0 Å².